The van der Waals surface area contributed by atoms with Crippen molar-refractivity contribution in [3.05, 3.63) is 42.1 Å². The molecule has 0 unspecified atom stereocenters. The van der Waals surface area contributed by atoms with E-state index in [0.717, 1.165) is 11.8 Å². The van der Waals surface area contributed by atoms with E-state index in [4.69, 9.17) is 10.2 Å². The standard InChI is InChI=1S/C12H11N3O3/c16-9-7-13-12(15-11(9)18)14-10(17)6-8-4-2-1-3-5-8/h1-5,7,16H,6H2,(H2,13,14,15,17,18). The van der Waals surface area contributed by atoms with Crippen molar-refractivity contribution >= 4 is 11.9 Å². The number of hydrogen-bond donors (Lipinski definition) is 3. The molecule has 0 spiro atoms. The topological polar surface area (TPSA) is 95.3 Å². The Morgan fingerprint density at radius 3 is 2.61 bits per heavy atom. The SMILES string of the molecule is O=C(Cc1ccccc1)Nc1ncc(O)c(O)n1. The quantitative estimate of drug-likeness (QED) is 0.751. The van der Waals surface area contributed by atoms with Gasteiger partial charge in [-0.1, -0.05) is 30.3 Å². The van der Waals surface area contributed by atoms with Crippen molar-refractivity contribution < 1.29 is 15.0 Å². The minimum absolute atomic E-state index is 0.0498. The number of anilines is 1. The van der Waals surface area contributed by atoms with Crippen LogP contribution in [0.3, 0.4) is 0 Å². The molecule has 0 bridgehead atoms. The Morgan fingerprint density at radius 2 is 1.94 bits per heavy atom. The highest BCUT2D eigenvalue weighted by Gasteiger charge is 2.08. The molecule has 1 heterocycles. The Bertz CT molecular complexity index is 558. The molecule has 0 atom stereocenters. The van der Waals surface area contributed by atoms with E-state index in [1.807, 2.05) is 30.3 Å². The molecule has 2 aromatic rings. The summed E-state index contributed by atoms with van der Waals surface area (Å²) in [6, 6.07) is 9.20. The zero-order valence-electron chi connectivity index (χ0n) is 9.37. The summed E-state index contributed by atoms with van der Waals surface area (Å²) in [6.07, 6.45) is 1.20. The summed E-state index contributed by atoms with van der Waals surface area (Å²) in [5.74, 6) is -1.35. The first kappa shape index (κ1) is 11.8. The van der Waals surface area contributed by atoms with Gasteiger partial charge in [0.2, 0.25) is 11.9 Å². The van der Waals surface area contributed by atoms with Gasteiger partial charge in [0.05, 0.1) is 12.6 Å². The molecule has 2 rings (SSSR count). The van der Waals surface area contributed by atoms with Gasteiger partial charge in [0.25, 0.3) is 5.88 Å². The average Bonchev–Trinajstić information content (AvgIpc) is 2.35. The van der Waals surface area contributed by atoms with E-state index in [1.165, 1.54) is 0 Å². The number of aromatic nitrogens is 2. The molecule has 0 saturated carbocycles. The highest BCUT2D eigenvalue weighted by molar-refractivity contribution is 5.90. The molecule has 0 aliphatic heterocycles. The van der Waals surface area contributed by atoms with Crippen molar-refractivity contribution in [1.29, 1.82) is 0 Å². The Labute approximate surface area is 103 Å². The van der Waals surface area contributed by atoms with Crippen LogP contribution in [0.4, 0.5) is 5.95 Å². The molecule has 1 aromatic carbocycles. The fraction of sp³-hybridized carbons (Fsp3) is 0.0833. The number of aromatic hydroxyl groups is 2. The molecule has 1 aromatic heterocycles. The van der Waals surface area contributed by atoms with E-state index >= 15 is 0 Å². The Morgan fingerprint density at radius 1 is 1.22 bits per heavy atom. The molecular formula is C12H11N3O3. The van der Waals surface area contributed by atoms with Gasteiger partial charge >= 0.3 is 0 Å². The third kappa shape index (κ3) is 2.94. The smallest absolute Gasteiger partial charge is 0.259 e. The van der Waals surface area contributed by atoms with Gasteiger partial charge in [0, 0.05) is 0 Å². The second kappa shape index (κ2) is 5.13. The van der Waals surface area contributed by atoms with Crippen molar-refractivity contribution in [3.8, 4) is 11.6 Å². The summed E-state index contributed by atoms with van der Waals surface area (Å²) in [6.45, 7) is 0. The number of rotatable bonds is 3. The summed E-state index contributed by atoms with van der Waals surface area (Å²) in [4.78, 5) is 18.8. The van der Waals surface area contributed by atoms with Crippen LogP contribution in [0.15, 0.2) is 36.5 Å². The highest BCUT2D eigenvalue weighted by atomic mass is 16.3. The molecule has 0 aliphatic carbocycles. The van der Waals surface area contributed by atoms with E-state index in [1.54, 1.807) is 0 Å². The van der Waals surface area contributed by atoms with Crippen molar-refractivity contribution in [2.45, 2.75) is 6.42 Å². The van der Waals surface area contributed by atoms with Gasteiger partial charge in [-0.3, -0.25) is 10.1 Å². The molecule has 0 fully saturated rings. The maximum absolute atomic E-state index is 11.6. The van der Waals surface area contributed by atoms with Crippen LogP contribution in [0.1, 0.15) is 5.56 Å². The van der Waals surface area contributed by atoms with E-state index < -0.39 is 11.6 Å². The molecule has 6 nitrogen and oxygen atoms in total. The van der Waals surface area contributed by atoms with Crippen LogP contribution in [0.2, 0.25) is 0 Å². The summed E-state index contributed by atoms with van der Waals surface area (Å²) in [5, 5.41) is 20.6. The molecule has 3 N–H and O–H groups in total. The first-order valence-electron chi connectivity index (χ1n) is 5.24. The summed E-state index contributed by atoms with van der Waals surface area (Å²) < 4.78 is 0. The third-order valence-corrected chi connectivity index (χ3v) is 2.21. The lowest BCUT2D eigenvalue weighted by Gasteiger charge is -2.04. The number of hydrogen-bond acceptors (Lipinski definition) is 5. The molecule has 92 valence electrons. The van der Waals surface area contributed by atoms with E-state index in [9.17, 15) is 4.79 Å². The minimum Gasteiger partial charge on any atom is -0.502 e. The second-order valence-corrected chi connectivity index (χ2v) is 3.61. The molecule has 0 saturated heterocycles. The van der Waals surface area contributed by atoms with Crippen LogP contribution in [-0.4, -0.2) is 26.1 Å². The first-order chi connectivity index (χ1) is 8.65. The fourth-order valence-corrected chi connectivity index (χ4v) is 1.38. The van der Waals surface area contributed by atoms with Crippen LogP contribution in [-0.2, 0) is 11.2 Å². The summed E-state index contributed by atoms with van der Waals surface area (Å²) in [7, 11) is 0. The fourth-order valence-electron chi connectivity index (χ4n) is 1.38. The van der Waals surface area contributed by atoms with Gasteiger partial charge in [-0.2, -0.15) is 4.98 Å². The van der Waals surface area contributed by atoms with Crippen molar-refractivity contribution in [3.63, 3.8) is 0 Å². The lowest BCUT2D eigenvalue weighted by molar-refractivity contribution is -0.115. The van der Waals surface area contributed by atoms with E-state index in [-0.39, 0.29) is 18.3 Å². The van der Waals surface area contributed by atoms with Gasteiger partial charge in [-0.15, -0.1) is 0 Å². The lowest BCUT2D eigenvalue weighted by atomic mass is 10.1. The van der Waals surface area contributed by atoms with E-state index in [0.29, 0.717) is 0 Å². The van der Waals surface area contributed by atoms with Gasteiger partial charge in [-0.25, -0.2) is 4.98 Å². The Kier molecular flexibility index (Phi) is 3.38. The molecule has 18 heavy (non-hydrogen) atoms. The Balaban J connectivity index is 2.01. The maximum atomic E-state index is 11.6. The zero-order valence-corrected chi connectivity index (χ0v) is 9.37. The number of nitrogens with one attached hydrogen (secondary N) is 1. The molecule has 0 aliphatic rings. The first-order valence-corrected chi connectivity index (χ1v) is 5.24. The Hall–Kier alpha value is -2.63. The minimum atomic E-state index is -0.569. The molecule has 1 amide bonds. The molecule has 0 radical (unpaired) electrons. The largest absolute Gasteiger partial charge is 0.502 e. The normalized spacial score (nSPS) is 10.0. The van der Waals surface area contributed by atoms with Crippen molar-refractivity contribution in [2.24, 2.45) is 0 Å². The highest BCUT2D eigenvalue weighted by Crippen LogP contribution is 2.20. The van der Waals surface area contributed by atoms with Crippen molar-refractivity contribution in [2.75, 3.05) is 5.32 Å². The summed E-state index contributed by atoms with van der Waals surface area (Å²) in [5.41, 5.74) is 0.859. The number of amides is 1. The monoisotopic (exact) mass is 245 g/mol. The van der Waals surface area contributed by atoms with Crippen LogP contribution in [0.25, 0.3) is 0 Å². The third-order valence-electron chi connectivity index (χ3n) is 2.21. The second-order valence-electron chi connectivity index (χ2n) is 3.61. The number of benzene rings is 1. The summed E-state index contributed by atoms with van der Waals surface area (Å²) >= 11 is 0. The van der Waals surface area contributed by atoms with Gasteiger partial charge in [0.1, 0.15) is 0 Å². The lowest BCUT2D eigenvalue weighted by Crippen LogP contribution is -2.16. The van der Waals surface area contributed by atoms with Crippen LogP contribution < -0.4 is 5.32 Å². The maximum Gasteiger partial charge on any atom is 0.259 e. The number of carbonyl (C=O) groups excluding carboxylic acids is 1. The zero-order chi connectivity index (χ0) is 13.0. The van der Waals surface area contributed by atoms with Gasteiger partial charge in [-0.05, 0) is 5.56 Å². The van der Waals surface area contributed by atoms with Crippen LogP contribution in [0.5, 0.6) is 11.6 Å². The predicted molar refractivity (Wildman–Crippen MR) is 64.1 cm³/mol. The van der Waals surface area contributed by atoms with Crippen molar-refractivity contribution in [1.82, 2.24) is 9.97 Å². The van der Waals surface area contributed by atoms with E-state index in [2.05, 4.69) is 15.3 Å². The van der Waals surface area contributed by atoms with Crippen LogP contribution in [0, 0.1) is 0 Å². The average molecular weight is 245 g/mol. The van der Waals surface area contributed by atoms with Gasteiger partial charge in [0.15, 0.2) is 5.75 Å². The number of nitrogens with zero attached hydrogens (tertiary/aromatic N) is 2. The molecular weight excluding hydrogens is 234 g/mol. The molecule has 6 heteroatoms. The predicted octanol–water partition coefficient (Wildman–Crippen LogP) is 1.07. The van der Waals surface area contributed by atoms with Crippen LogP contribution >= 0.6 is 0 Å². The number of carbonyl (C=O) groups is 1. The van der Waals surface area contributed by atoms with Gasteiger partial charge < -0.3 is 10.2 Å².